The first kappa shape index (κ1) is 18.1. The number of hydrogen-bond acceptors (Lipinski definition) is 3. The molecule has 2 aromatic rings. The van der Waals surface area contributed by atoms with Crippen molar-refractivity contribution in [2.24, 2.45) is 5.92 Å². The Kier molecular flexibility index (Phi) is 6.09. The fourth-order valence-corrected chi connectivity index (χ4v) is 2.52. The quantitative estimate of drug-likeness (QED) is 0.816. The van der Waals surface area contributed by atoms with Crippen molar-refractivity contribution in [1.82, 2.24) is 10.3 Å². The number of benzene rings is 1. The van der Waals surface area contributed by atoms with E-state index in [4.69, 9.17) is 0 Å². The topological polar surface area (TPSA) is 71.1 Å². The predicted molar refractivity (Wildman–Crippen MR) is 98.2 cm³/mol. The molecule has 24 heavy (non-hydrogen) atoms. The number of nitrogens with zero attached hydrogens (tertiary/aromatic N) is 1. The normalized spacial score (nSPS) is 10.5. The predicted octanol–water partition coefficient (Wildman–Crippen LogP) is 3.79. The molecule has 0 aliphatic rings. The second-order valence-corrected chi connectivity index (χ2v) is 6.90. The molecule has 0 aliphatic heterocycles. The molecule has 0 unspecified atom stereocenters. The van der Waals surface area contributed by atoms with Crippen LogP contribution in [0.15, 0.2) is 41.1 Å². The van der Waals surface area contributed by atoms with Gasteiger partial charge in [-0.1, -0.05) is 29.8 Å². The van der Waals surface area contributed by atoms with Crippen molar-refractivity contribution in [3.05, 3.63) is 57.8 Å². The lowest BCUT2D eigenvalue weighted by Crippen LogP contribution is -2.27. The van der Waals surface area contributed by atoms with Crippen molar-refractivity contribution in [1.29, 1.82) is 0 Å². The average molecular weight is 390 g/mol. The van der Waals surface area contributed by atoms with Crippen molar-refractivity contribution >= 4 is 33.4 Å². The number of amides is 2. The molecule has 5 nitrogen and oxygen atoms in total. The van der Waals surface area contributed by atoms with Gasteiger partial charge in [0.25, 0.3) is 11.8 Å². The van der Waals surface area contributed by atoms with Crippen LogP contribution in [-0.2, 0) is 0 Å². The third-order valence-electron chi connectivity index (χ3n) is 3.37. The number of hydrogen-bond donors (Lipinski definition) is 2. The van der Waals surface area contributed by atoms with Gasteiger partial charge in [-0.3, -0.25) is 14.6 Å². The monoisotopic (exact) mass is 389 g/mol. The molecule has 0 saturated carbocycles. The summed E-state index contributed by atoms with van der Waals surface area (Å²) in [5.74, 6) is -0.175. The van der Waals surface area contributed by atoms with Crippen LogP contribution in [0.5, 0.6) is 0 Å². The fraction of sp³-hybridized carbons (Fsp3) is 0.278. The van der Waals surface area contributed by atoms with Gasteiger partial charge in [0.2, 0.25) is 0 Å². The number of aromatic nitrogens is 1. The molecule has 0 saturated heterocycles. The minimum Gasteiger partial charge on any atom is -0.352 e. The second kappa shape index (κ2) is 8.06. The Labute approximate surface area is 150 Å². The molecule has 0 fully saturated rings. The largest absolute Gasteiger partial charge is 0.352 e. The molecule has 2 rings (SSSR count). The highest BCUT2D eigenvalue weighted by Crippen LogP contribution is 2.20. The lowest BCUT2D eigenvalue weighted by Gasteiger charge is -2.10. The molecule has 1 aromatic heterocycles. The lowest BCUT2D eigenvalue weighted by molar-refractivity contribution is 0.0948. The standard InChI is InChI=1S/C18H20BrN3O2/c1-11(2)8-21-17(23)13-7-14(10-20-9-13)18(24)22-16-5-4-15(19)6-12(16)3/h4-7,9-11H,8H2,1-3H3,(H,21,23)(H,22,24). The molecule has 2 N–H and O–H groups in total. The molecule has 6 heteroatoms. The Morgan fingerprint density at radius 2 is 1.79 bits per heavy atom. The number of carbonyl (C=O) groups excluding carboxylic acids is 2. The summed E-state index contributed by atoms with van der Waals surface area (Å²) in [7, 11) is 0. The molecule has 2 amide bonds. The molecule has 0 bridgehead atoms. The Balaban J connectivity index is 2.12. The van der Waals surface area contributed by atoms with E-state index >= 15 is 0 Å². The number of halogens is 1. The van der Waals surface area contributed by atoms with Crippen LogP contribution in [0.3, 0.4) is 0 Å². The van der Waals surface area contributed by atoms with Crippen LogP contribution in [0.25, 0.3) is 0 Å². The average Bonchev–Trinajstić information content (AvgIpc) is 2.55. The summed E-state index contributed by atoms with van der Waals surface area (Å²) in [6, 6.07) is 7.15. The Morgan fingerprint density at radius 1 is 1.12 bits per heavy atom. The third-order valence-corrected chi connectivity index (χ3v) is 3.86. The maximum atomic E-state index is 12.4. The van der Waals surface area contributed by atoms with E-state index in [0.717, 1.165) is 15.7 Å². The van der Waals surface area contributed by atoms with E-state index in [2.05, 4.69) is 31.5 Å². The molecular formula is C18H20BrN3O2. The van der Waals surface area contributed by atoms with Gasteiger partial charge in [-0.15, -0.1) is 0 Å². The number of rotatable bonds is 5. The Hall–Kier alpha value is -2.21. The second-order valence-electron chi connectivity index (χ2n) is 5.98. The van der Waals surface area contributed by atoms with Crippen molar-refractivity contribution in [2.45, 2.75) is 20.8 Å². The van der Waals surface area contributed by atoms with Crippen LogP contribution in [0.2, 0.25) is 0 Å². The van der Waals surface area contributed by atoms with Gasteiger partial charge in [-0.05, 0) is 42.7 Å². The zero-order chi connectivity index (χ0) is 17.7. The van der Waals surface area contributed by atoms with E-state index in [-0.39, 0.29) is 11.8 Å². The summed E-state index contributed by atoms with van der Waals surface area (Å²) < 4.78 is 0.948. The lowest BCUT2D eigenvalue weighted by atomic mass is 10.1. The van der Waals surface area contributed by atoms with Crippen LogP contribution < -0.4 is 10.6 Å². The summed E-state index contributed by atoms with van der Waals surface area (Å²) in [5, 5.41) is 5.65. The van der Waals surface area contributed by atoms with Gasteiger partial charge < -0.3 is 10.6 Å². The zero-order valence-corrected chi connectivity index (χ0v) is 15.5. The molecular weight excluding hydrogens is 370 g/mol. The zero-order valence-electron chi connectivity index (χ0n) is 13.9. The Bertz CT molecular complexity index is 760. The number of carbonyl (C=O) groups is 2. The van der Waals surface area contributed by atoms with Crippen LogP contribution >= 0.6 is 15.9 Å². The van der Waals surface area contributed by atoms with Gasteiger partial charge in [0.1, 0.15) is 0 Å². The van der Waals surface area contributed by atoms with E-state index in [9.17, 15) is 9.59 Å². The molecule has 1 heterocycles. The van der Waals surface area contributed by atoms with Gasteiger partial charge in [0.05, 0.1) is 11.1 Å². The highest BCUT2D eigenvalue weighted by molar-refractivity contribution is 9.10. The fourth-order valence-electron chi connectivity index (χ4n) is 2.05. The number of anilines is 1. The Morgan fingerprint density at radius 3 is 2.42 bits per heavy atom. The summed E-state index contributed by atoms with van der Waals surface area (Å²) in [6.45, 7) is 6.52. The van der Waals surface area contributed by atoms with E-state index in [1.54, 1.807) is 6.07 Å². The van der Waals surface area contributed by atoms with Gasteiger partial charge in [0.15, 0.2) is 0 Å². The number of nitrogens with one attached hydrogen (secondary N) is 2. The van der Waals surface area contributed by atoms with E-state index in [0.29, 0.717) is 23.6 Å². The van der Waals surface area contributed by atoms with Crippen LogP contribution in [0.1, 0.15) is 40.1 Å². The molecule has 126 valence electrons. The maximum absolute atomic E-state index is 12.4. The van der Waals surface area contributed by atoms with Crippen molar-refractivity contribution in [3.8, 4) is 0 Å². The van der Waals surface area contributed by atoms with Crippen molar-refractivity contribution < 1.29 is 9.59 Å². The minimum atomic E-state index is -0.300. The van der Waals surface area contributed by atoms with E-state index in [1.807, 2.05) is 39.0 Å². The van der Waals surface area contributed by atoms with Crippen molar-refractivity contribution in [2.75, 3.05) is 11.9 Å². The summed E-state index contributed by atoms with van der Waals surface area (Å²) >= 11 is 3.39. The summed E-state index contributed by atoms with van der Waals surface area (Å²) in [5.41, 5.74) is 2.37. The number of aryl methyl sites for hydroxylation is 1. The highest BCUT2D eigenvalue weighted by Gasteiger charge is 2.12. The number of pyridine rings is 1. The smallest absolute Gasteiger partial charge is 0.257 e. The SMILES string of the molecule is Cc1cc(Br)ccc1NC(=O)c1cncc(C(=O)NCC(C)C)c1. The summed E-state index contributed by atoms with van der Waals surface area (Å²) in [4.78, 5) is 28.5. The van der Waals surface area contributed by atoms with E-state index in [1.165, 1.54) is 12.4 Å². The van der Waals surface area contributed by atoms with Gasteiger partial charge in [0, 0.05) is 29.1 Å². The minimum absolute atomic E-state index is 0.231. The van der Waals surface area contributed by atoms with Gasteiger partial charge in [-0.25, -0.2) is 0 Å². The van der Waals surface area contributed by atoms with Crippen LogP contribution in [0, 0.1) is 12.8 Å². The third kappa shape index (κ3) is 4.89. The molecule has 0 aliphatic carbocycles. The highest BCUT2D eigenvalue weighted by atomic mass is 79.9. The molecule has 0 atom stereocenters. The first-order valence-corrected chi connectivity index (χ1v) is 8.47. The van der Waals surface area contributed by atoms with E-state index < -0.39 is 0 Å². The molecule has 0 spiro atoms. The first-order chi connectivity index (χ1) is 11.4. The van der Waals surface area contributed by atoms with Crippen LogP contribution in [0.4, 0.5) is 5.69 Å². The van der Waals surface area contributed by atoms with Crippen LogP contribution in [-0.4, -0.2) is 23.3 Å². The summed E-state index contributed by atoms with van der Waals surface area (Å²) in [6.07, 6.45) is 2.90. The van der Waals surface area contributed by atoms with Crippen molar-refractivity contribution in [3.63, 3.8) is 0 Å². The first-order valence-electron chi connectivity index (χ1n) is 7.67. The molecule has 1 aromatic carbocycles. The maximum Gasteiger partial charge on any atom is 0.257 e. The van der Waals surface area contributed by atoms with Gasteiger partial charge in [-0.2, -0.15) is 0 Å². The van der Waals surface area contributed by atoms with Gasteiger partial charge >= 0.3 is 0 Å². The molecule has 0 radical (unpaired) electrons.